The Bertz CT molecular complexity index is 816. The molecule has 1 aromatic rings. The Morgan fingerprint density at radius 2 is 1.33 bits per heavy atom. The molecule has 1 rings (SSSR count). The Hall–Kier alpha value is -2.10. The van der Waals surface area contributed by atoms with Gasteiger partial charge in [0.25, 0.3) is 5.69 Å². The Balaban J connectivity index is 3.83. The van der Waals surface area contributed by atoms with Crippen LogP contribution in [-0.4, -0.2) is 32.8 Å². The summed E-state index contributed by atoms with van der Waals surface area (Å²) in [6.45, 7) is 0. The van der Waals surface area contributed by atoms with Gasteiger partial charge in [-0.1, -0.05) is 6.07 Å². The van der Waals surface area contributed by atoms with Gasteiger partial charge in [-0.3, -0.25) is 10.1 Å². The lowest BCUT2D eigenvalue weighted by Crippen LogP contribution is -2.49. The number of nitrogens with zero attached hydrogens (tertiary/aromatic N) is 2. The number of rotatable bonds is 4. The molecule has 0 heterocycles. The van der Waals surface area contributed by atoms with Crippen molar-refractivity contribution in [2.45, 2.75) is 11.0 Å². The Kier molecular flexibility index (Phi) is 4.79. The number of anilines is 1. The zero-order valence-corrected chi connectivity index (χ0v) is 12.4. The van der Waals surface area contributed by atoms with Gasteiger partial charge in [-0.05, 0) is 6.07 Å². The minimum atomic E-state index is -7.07. The second-order valence-electron chi connectivity index (χ2n) is 3.88. The van der Waals surface area contributed by atoms with Crippen LogP contribution in [0.25, 0.3) is 0 Å². The third-order valence-corrected chi connectivity index (χ3v) is 5.92. The monoisotopic (exact) mass is 402 g/mol. The first kappa shape index (κ1) is 19.9. The highest BCUT2D eigenvalue weighted by atomic mass is 32.3. The van der Waals surface area contributed by atoms with Crippen molar-refractivity contribution in [3.63, 3.8) is 0 Å². The summed E-state index contributed by atoms with van der Waals surface area (Å²) in [6, 6.07) is 1.27. The summed E-state index contributed by atoms with van der Waals surface area (Å²) in [5.41, 5.74) is -15.7. The summed E-state index contributed by atoms with van der Waals surface area (Å²) >= 11 is 0. The molecular formula is C8H4F6N2O6S2. The van der Waals surface area contributed by atoms with E-state index in [1.807, 2.05) is 0 Å². The van der Waals surface area contributed by atoms with E-state index < -0.39 is 51.1 Å². The van der Waals surface area contributed by atoms with Crippen molar-refractivity contribution >= 4 is 31.4 Å². The van der Waals surface area contributed by atoms with Gasteiger partial charge in [-0.2, -0.15) is 43.2 Å². The normalized spacial score (nSPS) is 13.6. The predicted octanol–water partition coefficient (Wildman–Crippen LogP) is 2.10. The van der Waals surface area contributed by atoms with Crippen LogP contribution in [0.4, 0.5) is 37.7 Å². The molecular weight excluding hydrogens is 398 g/mol. The lowest BCUT2D eigenvalue weighted by molar-refractivity contribution is -0.384. The van der Waals surface area contributed by atoms with Crippen LogP contribution in [-0.2, 0) is 20.0 Å². The molecule has 0 amide bonds. The lowest BCUT2D eigenvalue weighted by atomic mass is 10.3. The van der Waals surface area contributed by atoms with E-state index in [0.717, 1.165) is 0 Å². The molecule has 0 aliphatic rings. The number of benzene rings is 1. The van der Waals surface area contributed by atoms with Gasteiger partial charge >= 0.3 is 31.1 Å². The SMILES string of the molecule is O=[N+]([O-])c1cccc(N(S(=O)(=O)C(F)(F)F)S(=O)(=O)C(F)(F)F)c1. The van der Waals surface area contributed by atoms with E-state index in [-0.39, 0.29) is 12.1 Å². The van der Waals surface area contributed by atoms with Crippen LogP contribution < -0.4 is 3.71 Å². The maximum absolute atomic E-state index is 12.6. The van der Waals surface area contributed by atoms with Crippen LogP contribution in [0.1, 0.15) is 0 Å². The van der Waals surface area contributed by atoms with Gasteiger partial charge < -0.3 is 0 Å². The number of nitro groups is 1. The fourth-order valence-corrected chi connectivity index (χ4v) is 4.01. The van der Waals surface area contributed by atoms with Gasteiger partial charge in [-0.15, -0.1) is 3.71 Å². The maximum atomic E-state index is 12.6. The molecule has 0 N–H and O–H groups in total. The van der Waals surface area contributed by atoms with Gasteiger partial charge in [-0.25, -0.2) is 0 Å². The second-order valence-corrected chi connectivity index (χ2v) is 7.66. The van der Waals surface area contributed by atoms with Crippen LogP contribution >= 0.6 is 0 Å². The van der Waals surface area contributed by atoms with E-state index in [1.54, 1.807) is 0 Å². The number of alkyl halides is 6. The minimum absolute atomic E-state index is 0.0629. The zero-order chi connectivity index (χ0) is 19.1. The van der Waals surface area contributed by atoms with Crippen molar-refractivity contribution in [1.29, 1.82) is 0 Å². The van der Waals surface area contributed by atoms with E-state index in [1.165, 1.54) is 0 Å². The summed E-state index contributed by atoms with van der Waals surface area (Å²) in [4.78, 5) is 9.24. The molecule has 1 aromatic carbocycles. The number of hydrogen-bond acceptors (Lipinski definition) is 6. The smallest absolute Gasteiger partial charge is 0.258 e. The third kappa shape index (κ3) is 3.37. The predicted molar refractivity (Wildman–Crippen MR) is 65.5 cm³/mol. The number of halogens is 6. The molecule has 0 unspecified atom stereocenters. The molecule has 0 radical (unpaired) electrons. The zero-order valence-electron chi connectivity index (χ0n) is 10.7. The van der Waals surface area contributed by atoms with Gasteiger partial charge in [0.15, 0.2) is 0 Å². The van der Waals surface area contributed by atoms with Crippen molar-refractivity contribution in [2.24, 2.45) is 0 Å². The topological polar surface area (TPSA) is 115 Å². The molecule has 0 aromatic heterocycles. The van der Waals surface area contributed by atoms with Crippen LogP contribution in [0.3, 0.4) is 0 Å². The van der Waals surface area contributed by atoms with Gasteiger partial charge in [0.2, 0.25) is 0 Å². The fraction of sp³-hybridized carbons (Fsp3) is 0.250. The van der Waals surface area contributed by atoms with Crippen molar-refractivity contribution < 1.29 is 48.1 Å². The van der Waals surface area contributed by atoms with Crippen molar-refractivity contribution in [3.8, 4) is 0 Å². The molecule has 16 heteroatoms. The molecule has 0 spiro atoms. The molecule has 0 bridgehead atoms. The second kappa shape index (κ2) is 5.76. The molecule has 0 aliphatic heterocycles. The Morgan fingerprint density at radius 3 is 1.67 bits per heavy atom. The van der Waals surface area contributed by atoms with Crippen LogP contribution in [0, 0.1) is 10.1 Å². The summed E-state index contributed by atoms with van der Waals surface area (Å²) in [5, 5.41) is 10.5. The van der Waals surface area contributed by atoms with E-state index >= 15 is 0 Å². The highest BCUT2D eigenvalue weighted by molar-refractivity contribution is 8.11. The summed E-state index contributed by atoms with van der Waals surface area (Å²) in [5.74, 6) is 0. The van der Waals surface area contributed by atoms with Crippen LogP contribution in [0.5, 0.6) is 0 Å². The fourth-order valence-electron chi connectivity index (χ4n) is 1.31. The van der Waals surface area contributed by atoms with Gasteiger partial charge in [0, 0.05) is 12.1 Å². The van der Waals surface area contributed by atoms with E-state index in [9.17, 15) is 53.3 Å². The first-order valence-corrected chi connectivity index (χ1v) is 8.09. The third-order valence-electron chi connectivity index (χ3n) is 2.27. The summed E-state index contributed by atoms with van der Waals surface area (Å²) < 4.78 is 118. The molecule has 24 heavy (non-hydrogen) atoms. The molecule has 0 atom stereocenters. The number of nitro benzene ring substituents is 1. The first-order chi connectivity index (χ1) is 10.5. The quantitative estimate of drug-likeness (QED) is 0.433. The summed E-state index contributed by atoms with van der Waals surface area (Å²) in [6.07, 6.45) is 0. The minimum Gasteiger partial charge on any atom is -0.258 e. The van der Waals surface area contributed by atoms with E-state index in [4.69, 9.17) is 0 Å². The van der Waals surface area contributed by atoms with Crippen molar-refractivity contribution in [3.05, 3.63) is 34.4 Å². The van der Waals surface area contributed by atoms with Gasteiger partial charge in [0.05, 0.1) is 10.6 Å². The Morgan fingerprint density at radius 1 is 0.917 bits per heavy atom. The largest absolute Gasteiger partial charge is 0.517 e. The summed E-state index contributed by atoms with van der Waals surface area (Å²) in [7, 11) is -14.1. The van der Waals surface area contributed by atoms with Crippen LogP contribution in [0.2, 0.25) is 0 Å². The van der Waals surface area contributed by atoms with E-state index in [0.29, 0.717) is 12.1 Å². The highest BCUT2D eigenvalue weighted by Crippen LogP contribution is 2.39. The number of non-ortho nitro benzene ring substituents is 1. The first-order valence-electron chi connectivity index (χ1n) is 5.21. The lowest BCUT2D eigenvalue weighted by Gasteiger charge is -2.25. The molecule has 0 fully saturated rings. The molecule has 136 valence electrons. The molecule has 0 aliphatic carbocycles. The number of sulfonamides is 2. The molecule has 8 nitrogen and oxygen atoms in total. The van der Waals surface area contributed by atoms with Crippen molar-refractivity contribution in [1.82, 2.24) is 0 Å². The number of hydrogen-bond donors (Lipinski definition) is 0. The standard InChI is InChI=1S/C8H4F6N2O6S2/c9-7(10,11)23(19,20)16(24(21,22)8(12,13)14)6-3-1-2-5(4-6)15(17)18/h1-4H. The van der Waals surface area contributed by atoms with Crippen LogP contribution in [0.15, 0.2) is 24.3 Å². The average molecular weight is 402 g/mol. The molecule has 0 saturated heterocycles. The molecule has 0 saturated carbocycles. The Labute approximate surface area is 129 Å². The van der Waals surface area contributed by atoms with E-state index in [2.05, 4.69) is 0 Å². The van der Waals surface area contributed by atoms with Gasteiger partial charge in [0.1, 0.15) is 0 Å². The highest BCUT2D eigenvalue weighted by Gasteiger charge is 2.61. The maximum Gasteiger partial charge on any atom is 0.517 e. The van der Waals surface area contributed by atoms with Crippen molar-refractivity contribution in [2.75, 3.05) is 3.71 Å². The average Bonchev–Trinajstić information content (AvgIpc) is 2.35.